The third-order valence-electron chi connectivity index (χ3n) is 3.22. The van der Waals surface area contributed by atoms with Crippen LogP contribution in [0.3, 0.4) is 0 Å². The Labute approximate surface area is 117 Å². The number of benzene rings is 1. The summed E-state index contributed by atoms with van der Waals surface area (Å²) < 4.78 is 2.01. The van der Waals surface area contributed by atoms with Crippen molar-refractivity contribution in [3.8, 4) is 0 Å². The lowest BCUT2D eigenvalue weighted by molar-refractivity contribution is 0.0948. The molecule has 0 fully saturated rings. The van der Waals surface area contributed by atoms with Gasteiger partial charge in [0, 0.05) is 29.0 Å². The predicted octanol–water partition coefficient (Wildman–Crippen LogP) is 3.54. The van der Waals surface area contributed by atoms with Gasteiger partial charge in [-0.05, 0) is 37.6 Å². The summed E-state index contributed by atoms with van der Waals surface area (Å²) in [6.07, 6.45) is 1.67. The Hall–Kier alpha value is -1.74. The van der Waals surface area contributed by atoms with E-state index in [2.05, 4.69) is 11.9 Å². The van der Waals surface area contributed by atoms with Gasteiger partial charge in [0.25, 0.3) is 5.91 Å². The van der Waals surface area contributed by atoms with Gasteiger partial charge in [-0.2, -0.15) is 0 Å². The fourth-order valence-electron chi connectivity index (χ4n) is 2.36. The molecule has 0 aliphatic carbocycles. The zero-order valence-electron chi connectivity index (χ0n) is 11.2. The van der Waals surface area contributed by atoms with E-state index in [1.165, 1.54) is 0 Å². The minimum atomic E-state index is -0.0772. The van der Waals surface area contributed by atoms with E-state index in [1.807, 2.05) is 36.6 Å². The lowest BCUT2D eigenvalue weighted by Crippen LogP contribution is -2.26. The minimum absolute atomic E-state index is 0.0772. The first kappa shape index (κ1) is 13.7. The second-order valence-corrected chi connectivity index (χ2v) is 4.81. The van der Waals surface area contributed by atoms with Gasteiger partial charge >= 0.3 is 0 Å². The topological polar surface area (TPSA) is 34.0 Å². The van der Waals surface area contributed by atoms with Crippen molar-refractivity contribution in [2.45, 2.75) is 20.4 Å². The minimum Gasteiger partial charge on any atom is -0.347 e. The molecule has 0 aliphatic heterocycles. The summed E-state index contributed by atoms with van der Waals surface area (Å²) in [6.45, 7) is 8.79. The Kier molecular flexibility index (Phi) is 3.96. The summed E-state index contributed by atoms with van der Waals surface area (Å²) in [5.74, 6) is -0.0772. The standard InChI is InChI=1S/C15H17ClN2O/c1-4-8-17-15(19)14-10(3)12-9-11(16)6-7-13(12)18(14)5-2/h4,6-7,9H,1,5,8H2,2-3H3,(H,17,19). The van der Waals surface area contributed by atoms with Crippen molar-refractivity contribution in [1.82, 2.24) is 9.88 Å². The van der Waals surface area contributed by atoms with Crippen LogP contribution in [0.4, 0.5) is 0 Å². The number of halogens is 1. The number of nitrogens with one attached hydrogen (secondary N) is 1. The van der Waals surface area contributed by atoms with Crippen LogP contribution in [0.5, 0.6) is 0 Å². The molecule has 0 spiro atoms. The van der Waals surface area contributed by atoms with Crippen molar-refractivity contribution in [3.63, 3.8) is 0 Å². The second-order valence-electron chi connectivity index (χ2n) is 4.38. The van der Waals surface area contributed by atoms with Crippen LogP contribution >= 0.6 is 11.6 Å². The third kappa shape index (κ3) is 2.38. The maximum atomic E-state index is 12.2. The number of hydrogen-bond acceptors (Lipinski definition) is 1. The Morgan fingerprint density at radius 3 is 2.89 bits per heavy atom. The van der Waals surface area contributed by atoms with Gasteiger partial charge in [-0.25, -0.2) is 0 Å². The summed E-state index contributed by atoms with van der Waals surface area (Å²) in [6, 6.07) is 5.71. The van der Waals surface area contributed by atoms with Gasteiger partial charge in [-0.1, -0.05) is 17.7 Å². The molecule has 0 saturated heterocycles. The normalized spacial score (nSPS) is 10.7. The smallest absolute Gasteiger partial charge is 0.268 e. The number of hydrogen-bond donors (Lipinski definition) is 1. The number of fused-ring (bicyclic) bond motifs is 1. The van der Waals surface area contributed by atoms with Crippen LogP contribution in [0.1, 0.15) is 23.0 Å². The number of carbonyl (C=O) groups excluding carboxylic acids is 1. The summed E-state index contributed by atoms with van der Waals surface area (Å²) in [5, 5.41) is 4.54. The van der Waals surface area contributed by atoms with E-state index in [-0.39, 0.29) is 5.91 Å². The number of aryl methyl sites for hydroxylation is 2. The average molecular weight is 277 g/mol. The molecule has 2 aromatic rings. The summed E-state index contributed by atoms with van der Waals surface area (Å²) >= 11 is 6.04. The summed E-state index contributed by atoms with van der Waals surface area (Å²) in [5.41, 5.74) is 2.69. The summed E-state index contributed by atoms with van der Waals surface area (Å²) in [7, 11) is 0. The van der Waals surface area contributed by atoms with Gasteiger partial charge in [-0.3, -0.25) is 4.79 Å². The molecule has 1 N–H and O–H groups in total. The van der Waals surface area contributed by atoms with Crippen LogP contribution in [0.15, 0.2) is 30.9 Å². The van der Waals surface area contributed by atoms with Crippen LogP contribution in [0.25, 0.3) is 10.9 Å². The second kappa shape index (κ2) is 5.49. The molecule has 1 aromatic heterocycles. The highest BCUT2D eigenvalue weighted by Gasteiger charge is 2.18. The molecule has 4 heteroatoms. The first-order valence-corrected chi connectivity index (χ1v) is 6.65. The number of nitrogens with zero attached hydrogens (tertiary/aromatic N) is 1. The average Bonchev–Trinajstić information content (AvgIpc) is 2.68. The Morgan fingerprint density at radius 2 is 2.26 bits per heavy atom. The highest BCUT2D eigenvalue weighted by molar-refractivity contribution is 6.31. The lowest BCUT2D eigenvalue weighted by Gasteiger charge is -2.08. The first-order valence-electron chi connectivity index (χ1n) is 6.27. The monoisotopic (exact) mass is 276 g/mol. The molecule has 100 valence electrons. The van der Waals surface area contributed by atoms with E-state index in [0.717, 1.165) is 23.0 Å². The van der Waals surface area contributed by atoms with E-state index in [1.54, 1.807) is 6.08 Å². The van der Waals surface area contributed by atoms with Crippen LogP contribution in [0, 0.1) is 6.92 Å². The third-order valence-corrected chi connectivity index (χ3v) is 3.45. The van der Waals surface area contributed by atoms with Gasteiger partial charge < -0.3 is 9.88 Å². The fourth-order valence-corrected chi connectivity index (χ4v) is 2.54. The molecule has 1 aromatic carbocycles. The van der Waals surface area contributed by atoms with Crippen molar-refractivity contribution in [3.05, 3.63) is 47.1 Å². The molecule has 1 amide bonds. The van der Waals surface area contributed by atoms with Gasteiger partial charge in [0.15, 0.2) is 0 Å². The van der Waals surface area contributed by atoms with Crippen LogP contribution in [0.2, 0.25) is 5.02 Å². The van der Waals surface area contributed by atoms with Gasteiger partial charge in [0.1, 0.15) is 5.69 Å². The van der Waals surface area contributed by atoms with E-state index in [4.69, 9.17) is 11.6 Å². The van der Waals surface area contributed by atoms with E-state index in [0.29, 0.717) is 17.3 Å². The number of amides is 1. The zero-order chi connectivity index (χ0) is 14.0. The molecule has 0 aliphatic rings. The van der Waals surface area contributed by atoms with Gasteiger partial charge in [0.05, 0.1) is 0 Å². The highest BCUT2D eigenvalue weighted by Crippen LogP contribution is 2.28. The van der Waals surface area contributed by atoms with Crippen LogP contribution in [-0.2, 0) is 6.54 Å². The molecule has 0 atom stereocenters. The zero-order valence-corrected chi connectivity index (χ0v) is 11.9. The fraction of sp³-hybridized carbons (Fsp3) is 0.267. The van der Waals surface area contributed by atoms with Crippen LogP contribution < -0.4 is 5.32 Å². The summed E-state index contributed by atoms with van der Waals surface area (Å²) in [4.78, 5) is 12.2. The molecular formula is C15H17ClN2O. The lowest BCUT2D eigenvalue weighted by atomic mass is 10.1. The van der Waals surface area contributed by atoms with Crippen molar-refractivity contribution >= 4 is 28.4 Å². The van der Waals surface area contributed by atoms with Gasteiger partial charge in [-0.15, -0.1) is 6.58 Å². The highest BCUT2D eigenvalue weighted by atomic mass is 35.5. The van der Waals surface area contributed by atoms with Crippen molar-refractivity contribution < 1.29 is 4.79 Å². The van der Waals surface area contributed by atoms with E-state index in [9.17, 15) is 4.79 Å². The molecular weight excluding hydrogens is 260 g/mol. The number of rotatable bonds is 4. The largest absolute Gasteiger partial charge is 0.347 e. The molecule has 0 bridgehead atoms. The molecule has 3 nitrogen and oxygen atoms in total. The quantitative estimate of drug-likeness (QED) is 0.852. The maximum absolute atomic E-state index is 12.2. The Balaban J connectivity index is 2.62. The van der Waals surface area contributed by atoms with Crippen molar-refractivity contribution in [1.29, 1.82) is 0 Å². The SMILES string of the molecule is C=CCNC(=O)c1c(C)c2cc(Cl)ccc2n1CC. The van der Waals surface area contributed by atoms with Crippen LogP contribution in [-0.4, -0.2) is 17.0 Å². The molecule has 2 rings (SSSR count). The number of carbonyl (C=O) groups is 1. The van der Waals surface area contributed by atoms with Gasteiger partial charge in [0.2, 0.25) is 0 Å². The first-order chi connectivity index (χ1) is 9.10. The van der Waals surface area contributed by atoms with Crippen molar-refractivity contribution in [2.75, 3.05) is 6.54 Å². The predicted molar refractivity (Wildman–Crippen MR) is 79.9 cm³/mol. The van der Waals surface area contributed by atoms with Crippen molar-refractivity contribution in [2.24, 2.45) is 0 Å². The molecule has 1 heterocycles. The van der Waals surface area contributed by atoms with E-state index < -0.39 is 0 Å². The molecule has 0 radical (unpaired) electrons. The van der Waals surface area contributed by atoms with E-state index >= 15 is 0 Å². The Morgan fingerprint density at radius 1 is 1.53 bits per heavy atom. The number of aromatic nitrogens is 1. The molecule has 19 heavy (non-hydrogen) atoms. The Bertz CT molecular complexity index is 643. The maximum Gasteiger partial charge on any atom is 0.268 e. The molecule has 0 unspecified atom stereocenters. The molecule has 0 saturated carbocycles.